The van der Waals surface area contributed by atoms with Gasteiger partial charge in [0.05, 0.1) is 0 Å². The van der Waals surface area contributed by atoms with Crippen LogP contribution in [-0.2, 0) is 0 Å². The van der Waals surface area contributed by atoms with Crippen LogP contribution in [0.5, 0.6) is 0 Å². The third-order valence-electron chi connectivity index (χ3n) is 5.08. The molecule has 0 radical (unpaired) electrons. The van der Waals surface area contributed by atoms with Gasteiger partial charge in [-0.1, -0.05) is 27.7 Å². The summed E-state index contributed by atoms with van der Waals surface area (Å²) in [5.41, 5.74) is 0.609. The molecule has 4 unspecified atom stereocenters. The van der Waals surface area contributed by atoms with Crippen molar-refractivity contribution in [1.29, 1.82) is 0 Å². The molecule has 0 spiro atoms. The summed E-state index contributed by atoms with van der Waals surface area (Å²) in [6, 6.07) is 0.778. The molecule has 0 saturated heterocycles. The van der Waals surface area contributed by atoms with E-state index in [1.807, 2.05) is 0 Å². The zero-order chi connectivity index (χ0) is 11.9. The maximum atomic E-state index is 3.63. The fourth-order valence-electron chi connectivity index (χ4n) is 4.19. The van der Waals surface area contributed by atoms with Crippen LogP contribution in [0.25, 0.3) is 0 Å². The van der Waals surface area contributed by atoms with Gasteiger partial charge in [0.2, 0.25) is 0 Å². The molecule has 0 aromatic heterocycles. The minimum atomic E-state index is 0.609. The van der Waals surface area contributed by atoms with Crippen LogP contribution >= 0.6 is 0 Å². The SMILES string of the molecule is CNC(C1CC(C)CC(C)C1)C1CC1(C)C. The van der Waals surface area contributed by atoms with Crippen molar-refractivity contribution in [3.8, 4) is 0 Å². The highest BCUT2D eigenvalue weighted by atomic mass is 14.9. The normalized spacial score (nSPS) is 44.1. The predicted molar refractivity (Wildman–Crippen MR) is 70.4 cm³/mol. The van der Waals surface area contributed by atoms with Gasteiger partial charge in [-0.2, -0.15) is 0 Å². The van der Waals surface area contributed by atoms with E-state index in [9.17, 15) is 0 Å². The summed E-state index contributed by atoms with van der Waals surface area (Å²) in [6.45, 7) is 9.73. The van der Waals surface area contributed by atoms with Gasteiger partial charge in [-0.05, 0) is 61.8 Å². The standard InChI is InChI=1S/C15H29N/c1-10-6-11(2)8-12(7-10)14(16-5)13-9-15(13,3)4/h10-14,16H,6-9H2,1-5H3. The lowest BCUT2D eigenvalue weighted by molar-refractivity contribution is 0.162. The highest BCUT2D eigenvalue weighted by Gasteiger charge is 2.51. The number of nitrogens with one attached hydrogen (secondary N) is 1. The average Bonchev–Trinajstić information content (AvgIpc) is 2.74. The van der Waals surface area contributed by atoms with Crippen molar-refractivity contribution in [2.45, 2.75) is 59.4 Å². The van der Waals surface area contributed by atoms with Crippen LogP contribution in [0, 0.1) is 29.1 Å². The van der Waals surface area contributed by atoms with Gasteiger partial charge in [-0.25, -0.2) is 0 Å². The summed E-state index contributed by atoms with van der Waals surface area (Å²) in [5, 5.41) is 3.63. The van der Waals surface area contributed by atoms with E-state index in [4.69, 9.17) is 0 Å². The Hall–Kier alpha value is -0.0400. The first-order chi connectivity index (χ1) is 7.44. The third-order valence-corrected chi connectivity index (χ3v) is 5.08. The second-order valence-electron chi connectivity index (χ2n) is 7.29. The Bertz CT molecular complexity index is 236. The number of rotatable bonds is 3. The second-order valence-corrected chi connectivity index (χ2v) is 7.29. The maximum Gasteiger partial charge on any atom is 0.0126 e. The molecule has 1 heteroatoms. The van der Waals surface area contributed by atoms with Crippen LogP contribution in [0.15, 0.2) is 0 Å². The summed E-state index contributed by atoms with van der Waals surface area (Å²) in [5.74, 6) is 3.73. The molecule has 0 heterocycles. The van der Waals surface area contributed by atoms with Crippen molar-refractivity contribution in [3.63, 3.8) is 0 Å². The fourth-order valence-corrected chi connectivity index (χ4v) is 4.19. The highest BCUT2D eigenvalue weighted by molar-refractivity contribution is 5.04. The van der Waals surface area contributed by atoms with Crippen molar-refractivity contribution in [2.75, 3.05) is 7.05 Å². The van der Waals surface area contributed by atoms with E-state index in [0.29, 0.717) is 5.41 Å². The molecule has 0 aliphatic heterocycles. The third kappa shape index (κ3) is 2.45. The lowest BCUT2D eigenvalue weighted by Crippen LogP contribution is -2.40. The molecular weight excluding hydrogens is 194 g/mol. The van der Waals surface area contributed by atoms with Crippen molar-refractivity contribution in [1.82, 2.24) is 5.32 Å². The molecule has 2 saturated carbocycles. The molecule has 2 fully saturated rings. The quantitative estimate of drug-likeness (QED) is 0.769. The van der Waals surface area contributed by atoms with Crippen LogP contribution in [0.3, 0.4) is 0 Å². The Labute approximate surface area is 101 Å². The first-order valence-corrected chi connectivity index (χ1v) is 7.11. The zero-order valence-electron chi connectivity index (χ0n) is 11.7. The van der Waals surface area contributed by atoms with E-state index < -0.39 is 0 Å². The summed E-state index contributed by atoms with van der Waals surface area (Å²) < 4.78 is 0. The fraction of sp³-hybridized carbons (Fsp3) is 1.00. The van der Waals surface area contributed by atoms with Gasteiger partial charge in [-0.15, -0.1) is 0 Å². The van der Waals surface area contributed by atoms with Gasteiger partial charge in [0.15, 0.2) is 0 Å². The van der Waals surface area contributed by atoms with E-state index >= 15 is 0 Å². The van der Waals surface area contributed by atoms with E-state index in [0.717, 1.165) is 29.7 Å². The van der Waals surface area contributed by atoms with Gasteiger partial charge in [0.25, 0.3) is 0 Å². The molecule has 0 amide bonds. The average molecular weight is 223 g/mol. The molecular formula is C15H29N. The Morgan fingerprint density at radius 1 is 1.06 bits per heavy atom. The zero-order valence-corrected chi connectivity index (χ0v) is 11.7. The Balaban J connectivity index is 1.99. The molecule has 16 heavy (non-hydrogen) atoms. The minimum absolute atomic E-state index is 0.609. The summed E-state index contributed by atoms with van der Waals surface area (Å²) >= 11 is 0. The smallest absolute Gasteiger partial charge is 0.0126 e. The van der Waals surface area contributed by atoms with Gasteiger partial charge < -0.3 is 5.32 Å². The minimum Gasteiger partial charge on any atom is -0.316 e. The molecule has 0 aromatic rings. The molecule has 1 N–H and O–H groups in total. The lowest BCUT2D eigenvalue weighted by atomic mass is 9.72. The first kappa shape index (κ1) is 12.4. The van der Waals surface area contributed by atoms with Crippen molar-refractivity contribution in [3.05, 3.63) is 0 Å². The molecule has 2 rings (SSSR count). The monoisotopic (exact) mass is 223 g/mol. The van der Waals surface area contributed by atoms with E-state index in [1.165, 1.54) is 25.7 Å². The van der Waals surface area contributed by atoms with Crippen LogP contribution < -0.4 is 5.32 Å². The van der Waals surface area contributed by atoms with Crippen LogP contribution in [0.1, 0.15) is 53.4 Å². The van der Waals surface area contributed by atoms with Gasteiger partial charge >= 0.3 is 0 Å². The van der Waals surface area contributed by atoms with Gasteiger partial charge in [-0.3, -0.25) is 0 Å². The Morgan fingerprint density at radius 3 is 1.94 bits per heavy atom. The topological polar surface area (TPSA) is 12.0 Å². The van der Waals surface area contributed by atoms with Crippen molar-refractivity contribution < 1.29 is 0 Å². The van der Waals surface area contributed by atoms with Crippen LogP contribution in [-0.4, -0.2) is 13.1 Å². The maximum absolute atomic E-state index is 3.63. The lowest BCUT2D eigenvalue weighted by Gasteiger charge is -2.37. The summed E-state index contributed by atoms with van der Waals surface area (Å²) in [4.78, 5) is 0. The molecule has 2 aliphatic rings. The molecule has 4 atom stereocenters. The highest BCUT2D eigenvalue weighted by Crippen LogP contribution is 2.56. The van der Waals surface area contributed by atoms with Crippen molar-refractivity contribution in [2.24, 2.45) is 29.1 Å². The Morgan fingerprint density at radius 2 is 1.56 bits per heavy atom. The molecule has 0 bridgehead atoms. The van der Waals surface area contributed by atoms with Crippen molar-refractivity contribution >= 4 is 0 Å². The second kappa shape index (κ2) is 4.33. The Kier molecular flexibility index (Phi) is 3.36. The van der Waals surface area contributed by atoms with Crippen LogP contribution in [0.2, 0.25) is 0 Å². The largest absolute Gasteiger partial charge is 0.316 e. The summed E-state index contributed by atoms with van der Waals surface area (Å²) in [6.07, 6.45) is 5.77. The van der Waals surface area contributed by atoms with Gasteiger partial charge in [0, 0.05) is 6.04 Å². The molecule has 0 aromatic carbocycles. The molecule has 1 nitrogen and oxygen atoms in total. The number of hydrogen-bond donors (Lipinski definition) is 1. The summed E-state index contributed by atoms with van der Waals surface area (Å²) in [7, 11) is 2.17. The van der Waals surface area contributed by atoms with Crippen LogP contribution in [0.4, 0.5) is 0 Å². The van der Waals surface area contributed by atoms with Gasteiger partial charge in [0.1, 0.15) is 0 Å². The molecule has 94 valence electrons. The number of hydrogen-bond acceptors (Lipinski definition) is 1. The van der Waals surface area contributed by atoms with E-state index in [-0.39, 0.29) is 0 Å². The van der Waals surface area contributed by atoms with E-state index in [2.05, 4.69) is 40.1 Å². The first-order valence-electron chi connectivity index (χ1n) is 7.11. The van der Waals surface area contributed by atoms with E-state index in [1.54, 1.807) is 0 Å². The predicted octanol–water partition coefficient (Wildman–Crippen LogP) is 3.69. The molecule has 2 aliphatic carbocycles.